The Labute approximate surface area is 382 Å². The molecule has 0 aliphatic carbocycles. The van der Waals surface area contributed by atoms with Gasteiger partial charge in [-0.2, -0.15) is 0 Å². The summed E-state index contributed by atoms with van der Waals surface area (Å²) in [4.78, 5) is 12.0. The second-order valence-electron chi connectivity index (χ2n) is 16.6. The predicted octanol–water partition coefficient (Wildman–Crippen LogP) is 14.1. The maximum absolute atomic E-state index is 6.66. The van der Waals surface area contributed by atoms with Crippen LogP contribution in [0.15, 0.2) is 169 Å². The Hall–Kier alpha value is -6.16. The molecule has 11 rings (SSSR count). The number of benzene rings is 7. The number of fused-ring (bicyclic) bond motifs is 5. The Morgan fingerprint density at radius 1 is 0.613 bits per heavy atom. The third kappa shape index (κ3) is 6.97. The maximum Gasteiger partial charge on any atom is 0 e. The van der Waals surface area contributed by atoms with E-state index in [9.17, 15) is 0 Å². The Morgan fingerprint density at radius 2 is 1.26 bits per heavy atom. The van der Waals surface area contributed by atoms with E-state index >= 15 is 0 Å². The van der Waals surface area contributed by atoms with Crippen molar-refractivity contribution in [3.63, 3.8) is 0 Å². The van der Waals surface area contributed by atoms with Crippen molar-refractivity contribution in [3.8, 4) is 39.6 Å². The zero-order valence-electron chi connectivity index (χ0n) is 34.7. The van der Waals surface area contributed by atoms with Crippen molar-refractivity contribution in [2.75, 3.05) is 9.80 Å². The number of nitrogens with zero attached hydrogens (tertiary/aromatic N) is 4. The molecule has 0 saturated carbocycles. The SMILES string of the molecule is Cc1cc(-n2c3[c-]c(Oc4[c-]c(N5[CH-]N(c6c(-c7ccccc7)cc(C(C)(C)C)cc6-c6ccccc6)c6ccccc65)ccc4)ccc3c3ccccc32)nc2[se]ccc12.[Pt]. The molecule has 0 atom stereocenters. The van der Waals surface area contributed by atoms with Crippen molar-refractivity contribution in [1.29, 1.82) is 0 Å². The summed E-state index contributed by atoms with van der Waals surface area (Å²) in [6.45, 7) is 11.2. The molecule has 0 fully saturated rings. The van der Waals surface area contributed by atoms with Crippen LogP contribution in [0.2, 0.25) is 0 Å². The first-order valence-electron chi connectivity index (χ1n) is 20.6. The normalized spacial score (nSPS) is 12.6. The third-order valence-electron chi connectivity index (χ3n) is 11.7. The molecule has 0 spiro atoms. The molecule has 7 heteroatoms. The first kappa shape index (κ1) is 39.9. The number of aryl methyl sites for hydroxylation is 1. The van der Waals surface area contributed by atoms with Crippen LogP contribution in [0.4, 0.5) is 22.7 Å². The van der Waals surface area contributed by atoms with Gasteiger partial charge in [0.1, 0.15) is 0 Å². The van der Waals surface area contributed by atoms with Gasteiger partial charge in [-0.25, -0.2) is 0 Å². The minimum Gasteiger partial charge on any atom is 0 e. The summed E-state index contributed by atoms with van der Waals surface area (Å²) in [5.74, 6) is 2.12. The number of pyridine rings is 1. The molecule has 0 radical (unpaired) electrons. The number of rotatable bonds is 7. The van der Waals surface area contributed by atoms with Crippen LogP contribution >= 0.6 is 0 Å². The summed E-state index contributed by atoms with van der Waals surface area (Å²) in [5.41, 5.74) is 13.3. The summed E-state index contributed by atoms with van der Waals surface area (Å²) >= 11 is 0.225. The Morgan fingerprint density at radius 3 is 1.97 bits per heavy atom. The second-order valence-corrected chi connectivity index (χ2v) is 18.5. The van der Waals surface area contributed by atoms with Gasteiger partial charge in [-0.1, -0.05) is 93.6 Å². The van der Waals surface area contributed by atoms with E-state index in [-0.39, 0.29) is 41.0 Å². The molecule has 10 aromatic rings. The van der Waals surface area contributed by atoms with Crippen LogP contribution < -0.4 is 14.5 Å². The molecule has 7 aromatic carbocycles. The molecule has 62 heavy (non-hydrogen) atoms. The summed E-state index contributed by atoms with van der Waals surface area (Å²) in [5, 5.41) is 3.51. The van der Waals surface area contributed by atoms with Crippen molar-refractivity contribution in [2.45, 2.75) is 33.1 Å². The zero-order valence-corrected chi connectivity index (χ0v) is 38.7. The third-order valence-corrected chi connectivity index (χ3v) is 13.4. The molecule has 0 unspecified atom stereocenters. The average Bonchev–Trinajstić information content (AvgIpc) is 4.01. The molecule has 0 amide bonds. The number of ether oxygens (including phenoxy) is 1. The van der Waals surface area contributed by atoms with Gasteiger partial charge in [-0.3, -0.25) is 0 Å². The summed E-state index contributed by atoms with van der Waals surface area (Å²) < 4.78 is 10.1. The molecule has 1 aliphatic rings. The van der Waals surface area contributed by atoms with Gasteiger partial charge in [0.15, 0.2) is 0 Å². The van der Waals surface area contributed by atoms with Gasteiger partial charge in [0.05, 0.1) is 0 Å². The van der Waals surface area contributed by atoms with Gasteiger partial charge in [0, 0.05) is 49.3 Å². The van der Waals surface area contributed by atoms with Gasteiger partial charge in [-0.15, -0.1) is 6.67 Å². The largest absolute Gasteiger partial charge is 0 e. The van der Waals surface area contributed by atoms with E-state index in [1.165, 1.54) is 43.2 Å². The predicted molar refractivity (Wildman–Crippen MR) is 253 cm³/mol. The van der Waals surface area contributed by atoms with Gasteiger partial charge in [-0.05, 0) is 46.4 Å². The van der Waals surface area contributed by atoms with E-state index in [0.29, 0.717) is 11.5 Å². The fraction of sp³-hybridized carbons (Fsp3) is 0.0909. The van der Waals surface area contributed by atoms with Crippen molar-refractivity contribution in [3.05, 3.63) is 199 Å². The van der Waals surface area contributed by atoms with Gasteiger partial charge in [0.2, 0.25) is 0 Å². The first-order valence-corrected chi connectivity index (χ1v) is 22.5. The molecule has 0 saturated heterocycles. The molecular formula is C55H41N4OPtSe-3. The van der Waals surface area contributed by atoms with Crippen LogP contribution in [0.1, 0.15) is 31.9 Å². The Kier molecular flexibility index (Phi) is 10.3. The number of hydrogen-bond donors (Lipinski definition) is 0. The van der Waals surface area contributed by atoms with Crippen LogP contribution in [0.25, 0.3) is 59.7 Å². The Balaban J connectivity index is 0.00000458. The van der Waals surface area contributed by atoms with Crippen LogP contribution in [-0.4, -0.2) is 24.1 Å². The van der Waals surface area contributed by atoms with E-state index in [1.54, 1.807) is 0 Å². The maximum atomic E-state index is 6.66. The number of hydrogen-bond acceptors (Lipinski definition) is 4. The van der Waals surface area contributed by atoms with Crippen molar-refractivity contribution >= 4 is 68.8 Å². The van der Waals surface area contributed by atoms with E-state index < -0.39 is 0 Å². The second kappa shape index (κ2) is 15.9. The fourth-order valence-electron chi connectivity index (χ4n) is 8.62. The molecule has 3 aromatic heterocycles. The molecule has 1 aliphatic heterocycles. The first-order chi connectivity index (χ1) is 29.8. The van der Waals surface area contributed by atoms with Gasteiger partial charge < -0.3 is 4.90 Å². The van der Waals surface area contributed by atoms with Crippen LogP contribution in [0.3, 0.4) is 0 Å². The van der Waals surface area contributed by atoms with Gasteiger partial charge >= 0.3 is 185 Å². The summed E-state index contributed by atoms with van der Waals surface area (Å²) in [6.07, 6.45) is 0. The molecule has 0 N–H and O–H groups in total. The average molecular weight is 1050 g/mol. The van der Waals surface area contributed by atoms with E-state index in [0.717, 1.165) is 50.4 Å². The van der Waals surface area contributed by atoms with E-state index in [1.807, 2.05) is 18.2 Å². The molecule has 0 bridgehead atoms. The van der Waals surface area contributed by atoms with Crippen molar-refractivity contribution < 1.29 is 25.8 Å². The number of para-hydroxylation sites is 3. The summed E-state index contributed by atoms with van der Waals surface area (Å²) in [7, 11) is 0. The van der Waals surface area contributed by atoms with Gasteiger partial charge in [0.25, 0.3) is 0 Å². The van der Waals surface area contributed by atoms with Crippen LogP contribution in [0.5, 0.6) is 11.5 Å². The minimum absolute atomic E-state index is 0. The quantitative estimate of drug-likeness (QED) is 0.118. The van der Waals surface area contributed by atoms with Crippen molar-refractivity contribution in [2.24, 2.45) is 0 Å². The standard InChI is InChI=1S/C55H41N4OSe.Pt/c1-36-30-52(56-54-43(36)28-29-61-54)59-48-23-12-11-22-44(48)45-27-26-42(34-51(45)59)60-41-21-15-20-40(33-41)57-35-58(50-25-14-13-24-49(50)57)53-46(37-16-7-5-8-17-37)31-39(55(2,3)4)32-47(53)38-18-9-6-10-19-38;/h5-32,35H,1-4H3;/q-3;. The fourth-order valence-corrected chi connectivity index (χ4v) is 10.4. The monoisotopic (exact) mass is 1050 g/mol. The zero-order chi connectivity index (χ0) is 41.2. The molecule has 4 heterocycles. The molecule has 306 valence electrons. The molecule has 5 nitrogen and oxygen atoms in total. The van der Waals surface area contributed by atoms with E-state index in [2.05, 4.69) is 211 Å². The molecular weight excluding hydrogens is 1010 g/mol. The number of aromatic nitrogens is 2. The van der Waals surface area contributed by atoms with Crippen LogP contribution in [0, 0.1) is 25.7 Å². The summed E-state index contributed by atoms with van der Waals surface area (Å²) in [6, 6.07) is 65.2. The minimum atomic E-state index is -0.0615. The van der Waals surface area contributed by atoms with Crippen molar-refractivity contribution in [1.82, 2.24) is 9.55 Å². The topological polar surface area (TPSA) is 33.5 Å². The van der Waals surface area contributed by atoms with E-state index in [4.69, 9.17) is 9.72 Å². The Bertz CT molecular complexity index is 3220. The number of anilines is 4. The smallest absolute Gasteiger partial charge is 0 e. The van der Waals surface area contributed by atoms with Crippen LogP contribution in [-0.2, 0) is 26.5 Å².